The number of nitriles is 1. The molecule has 2 aromatic rings. The maximum absolute atomic E-state index is 12.5. The minimum Gasteiger partial charge on any atom is -0.378 e. The number of carbonyl (C=O) groups excluding carboxylic acids is 1. The molecule has 0 aromatic heterocycles. The summed E-state index contributed by atoms with van der Waals surface area (Å²) < 4.78 is 5.39. The molecule has 1 fully saturated rings. The van der Waals surface area contributed by atoms with Gasteiger partial charge in [-0.05, 0) is 54.8 Å². The third-order valence-corrected chi connectivity index (χ3v) is 4.69. The highest BCUT2D eigenvalue weighted by Gasteiger charge is 2.14. The second-order valence-electron chi connectivity index (χ2n) is 6.58. The van der Waals surface area contributed by atoms with Gasteiger partial charge in [0.2, 0.25) is 0 Å². The van der Waals surface area contributed by atoms with Crippen LogP contribution in [-0.2, 0) is 9.53 Å². The van der Waals surface area contributed by atoms with Gasteiger partial charge in [0, 0.05) is 24.5 Å². The highest BCUT2D eigenvalue weighted by atomic mass is 16.5. The SMILES string of the molecule is Cc1cc(N2CCOCC2)ccc1/C=C(/C#N)C(=O)Nc1ccccc1C. The molecule has 3 rings (SSSR count). The van der Waals surface area contributed by atoms with E-state index in [1.165, 1.54) is 0 Å². The van der Waals surface area contributed by atoms with Gasteiger partial charge in [-0.1, -0.05) is 24.3 Å². The number of ether oxygens (including phenoxy) is 1. The van der Waals surface area contributed by atoms with Crippen LogP contribution in [0.1, 0.15) is 16.7 Å². The molecule has 5 nitrogen and oxygen atoms in total. The lowest BCUT2D eigenvalue weighted by atomic mass is 10.0. The monoisotopic (exact) mass is 361 g/mol. The minimum absolute atomic E-state index is 0.0838. The average molecular weight is 361 g/mol. The van der Waals surface area contributed by atoms with Gasteiger partial charge in [0.05, 0.1) is 13.2 Å². The Morgan fingerprint density at radius 3 is 2.56 bits per heavy atom. The van der Waals surface area contributed by atoms with Gasteiger partial charge in [0.15, 0.2) is 0 Å². The minimum atomic E-state index is -0.400. The molecule has 0 saturated carbocycles. The van der Waals surface area contributed by atoms with Crippen molar-refractivity contribution >= 4 is 23.4 Å². The number of hydrogen-bond donors (Lipinski definition) is 1. The second kappa shape index (κ2) is 8.52. The Balaban J connectivity index is 1.79. The molecule has 5 heteroatoms. The number of anilines is 2. The molecule has 2 aromatic carbocycles. The van der Waals surface area contributed by atoms with Crippen molar-refractivity contribution in [3.05, 3.63) is 64.7 Å². The largest absolute Gasteiger partial charge is 0.378 e. The molecule has 27 heavy (non-hydrogen) atoms. The number of para-hydroxylation sites is 1. The van der Waals surface area contributed by atoms with Gasteiger partial charge >= 0.3 is 0 Å². The van der Waals surface area contributed by atoms with Crippen LogP contribution in [0.25, 0.3) is 6.08 Å². The molecular weight excluding hydrogens is 338 g/mol. The van der Waals surface area contributed by atoms with Crippen LogP contribution in [-0.4, -0.2) is 32.2 Å². The lowest BCUT2D eigenvalue weighted by Crippen LogP contribution is -2.36. The topological polar surface area (TPSA) is 65.4 Å². The van der Waals surface area contributed by atoms with Crippen LogP contribution in [0.15, 0.2) is 48.0 Å². The van der Waals surface area contributed by atoms with Crippen molar-refractivity contribution in [2.75, 3.05) is 36.5 Å². The molecule has 0 aliphatic carbocycles. The fraction of sp³-hybridized carbons (Fsp3) is 0.273. The zero-order valence-electron chi connectivity index (χ0n) is 15.7. The Kier molecular flexibility index (Phi) is 5.90. The Labute approximate surface area is 159 Å². The highest BCUT2D eigenvalue weighted by molar-refractivity contribution is 6.10. The van der Waals surface area contributed by atoms with Crippen molar-refractivity contribution in [3.8, 4) is 6.07 Å². The molecule has 138 valence electrons. The van der Waals surface area contributed by atoms with Crippen molar-refractivity contribution in [1.82, 2.24) is 0 Å². The van der Waals surface area contributed by atoms with E-state index in [1.807, 2.05) is 56.3 Å². The van der Waals surface area contributed by atoms with Gasteiger partial charge in [0.1, 0.15) is 11.6 Å². The first-order valence-corrected chi connectivity index (χ1v) is 9.00. The molecule has 0 radical (unpaired) electrons. The van der Waals surface area contributed by atoms with E-state index in [9.17, 15) is 10.1 Å². The van der Waals surface area contributed by atoms with Gasteiger partial charge < -0.3 is 15.0 Å². The van der Waals surface area contributed by atoms with Crippen LogP contribution in [0.5, 0.6) is 0 Å². The Morgan fingerprint density at radius 1 is 1.15 bits per heavy atom. The molecule has 1 heterocycles. The third-order valence-electron chi connectivity index (χ3n) is 4.69. The normalized spacial score (nSPS) is 14.6. The summed E-state index contributed by atoms with van der Waals surface area (Å²) in [4.78, 5) is 14.8. The molecule has 0 spiro atoms. The number of benzene rings is 2. The first-order valence-electron chi connectivity index (χ1n) is 9.00. The average Bonchev–Trinajstić information content (AvgIpc) is 2.69. The van der Waals surface area contributed by atoms with Gasteiger partial charge in [-0.3, -0.25) is 4.79 Å². The number of aryl methyl sites for hydroxylation is 2. The number of carbonyl (C=O) groups is 1. The summed E-state index contributed by atoms with van der Waals surface area (Å²) in [5, 5.41) is 12.3. The molecule has 1 aliphatic rings. The maximum Gasteiger partial charge on any atom is 0.266 e. The molecule has 0 unspecified atom stereocenters. The quantitative estimate of drug-likeness (QED) is 0.666. The number of nitrogens with one attached hydrogen (secondary N) is 1. The van der Waals surface area contributed by atoms with Crippen LogP contribution < -0.4 is 10.2 Å². The molecule has 1 aliphatic heterocycles. The van der Waals surface area contributed by atoms with E-state index in [1.54, 1.807) is 6.08 Å². The lowest BCUT2D eigenvalue weighted by molar-refractivity contribution is -0.112. The van der Waals surface area contributed by atoms with E-state index >= 15 is 0 Å². The van der Waals surface area contributed by atoms with Crippen molar-refractivity contribution in [3.63, 3.8) is 0 Å². The molecule has 0 atom stereocenters. The Hall–Kier alpha value is -3.10. The molecule has 0 bridgehead atoms. The number of morpholine rings is 1. The van der Waals surface area contributed by atoms with Crippen LogP contribution >= 0.6 is 0 Å². The molecule has 1 saturated heterocycles. The van der Waals surface area contributed by atoms with E-state index in [0.29, 0.717) is 5.69 Å². The number of amides is 1. The van der Waals surface area contributed by atoms with Crippen LogP contribution in [0, 0.1) is 25.2 Å². The fourth-order valence-electron chi connectivity index (χ4n) is 3.05. The predicted molar refractivity (Wildman–Crippen MR) is 108 cm³/mol. The van der Waals surface area contributed by atoms with Gasteiger partial charge in [-0.2, -0.15) is 5.26 Å². The fourth-order valence-corrected chi connectivity index (χ4v) is 3.05. The van der Waals surface area contributed by atoms with Crippen molar-refractivity contribution in [1.29, 1.82) is 5.26 Å². The molecule has 1 N–H and O–H groups in total. The Bertz CT molecular complexity index is 906. The van der Waals surface area contributed by atoms with E-state index in [-0.39, 0.29) is 5.57 Å². The second-order valence-corrected chi connectivity index (χ2v) is 6.58. The summed E-state index contributed by atoms with van der Waals surface area (Å²) in [5.74, 6) is -0.400. The number of hydrogen-bond acceptors (Lipinski definition) is 4. The number of rotatable bonds is 4. The van der Waals surface area contributed by atoms with E-state index in [4.69, 9.17) is 4.74 Å². The smallest absolute Gasteiger partial charge is 0.266 e. The van der Waals surface area contributed by atoms with Crippen molar-refractivity contribution in [2.45, 2.75) is 13.8 Å². The Morgan fingerprint density at radius 2 is 1.89 bits per heavy atom. The number of nitrogens with zero attached hydrogens (tertiary/aromatic N) is 2. The van der Waals surface area contributed by atoms with Gasteiger partial charge in [-0.15, -0.1) is 0 Å². The first-order chi connectivity index (χ1) is 13.1. The summed E-state index contributed by atoms with van der Waals surface area (Å²) in [6.07, 6.45) is 1.64. The van der Waals surface area contributed by atoms with E-state index in [2.05, 4.69) is 16.3 Å². The summed E-state index contributed by atoms with van der Waals surface area (Å²) in [5.41, 5.74) is 4.77. The lowest BCUT2D eigenvalue weighted by Gasteiger charge is -2.29. The highest BCUT2D eigenvalue weighted by Crippen LogP contribution is 2.22. The summed E-state index contributed by atoms with van der Waals surface area (Å²) in [7, 11) is 0. The summed E-state index contributed by atoms with van der Waals surface area (Å²) in [6, 6.07) is 15.6. The molecular formula is C22H23N3O2. The van der Waals surface area contributed by atoms with Gasteiger partial charge in [0.25, 0.3) is 5.91 Å². The van der Waals surface area contributed by atoms with Crippen LogP contribution in [0.4, 0.5) is 11.4 Å². The zero-order chi connectivity index (χ0) is 19.2. The molecule has 1 amide bonds. The summed E-state index contributed by atoms with van der Waals surface area (Å²) >= 11 is 0. The first kappa shape index (κ1) is 18.7. The van der Waals surface area contributed by atoms with Crippen LogP contribution in [0.2, 0.25) is 0 Å². The van der Waals surface area contributed by atoms with Crippen molar-refractivity contribution in [2.24, 2.45) is 0 Å². The third kappa shape index (κ3) is 4.55. The zero-order valence-corrected chi connectivity index (χ0v) is 15.7. The van der Waals surface area contributed by atoms with Gasteiger partial charge in [-0.25, -0.2) is 0 Å². The maximum atomic E-state index is 12.5. The predicted octanol–water partition coefficient (Wildman–Crippen LogP) is 3.69. The standard InChI is InChI=1S/C22H23N3O2/c1-16-5-3-4-6-21(16)24-22(26)19(15-23)14-18-7-8-20(13-17(18)2)25-9-11-27-12-10-25/h3-8,13-14H,9-12H2,1-2H3,(H,24,26)/b19-14-. The van der Waals surface area contributed by atoms with Crippen LogP contribution in [0.3, 0.4) is 0 Å². The van der Waals surface area contributed by atoms with E-state index < -0.39 is 5.91 Å². The van der Waals surface area contributed by atoms with E-state index in [0.717, 1.165) is 48.7 Å². The summed E-state index contributed by atoms with van der Waals surface area (Å²) in [6.45, 7) is 7.12. The van der Waals surface area contributed by atoms with Crippen molar-refractivity contribution < 1.29 is 9.53 Å².